The van der Waals surface area contributed by atoms with E-state index in [1.54, 1.807) is 12.1 Å². The monoisotopic (exact) mass is 374 g/mol. The second-order valence-corrected chi connectivity index (χ2v) is 7.74. The molecule has 0 spiro atoms. The Morgan fingerprint density at radius 2 is 1.88 bits per heavy atom. The van der Waals surface area contributed by atoms with Crippen LogP contribution in [0.3, 0.4) is 0 Å². The fraction of sp³-hybridized carbons (Fsp3) is 0.222. The van der Waals surface area contributed by atoms with Gasteiger partial charge in [-0.15, -0.1) is 0 Å². The van der Waals surface area contributed by atoms with Gasteiger partial charge in [0.2, 0.25) is 15.8 Å². The second kappa shape index (κ2) is 7.17. The van der Waals surface area contributed by atoms with Crippen molar-refractivity contribution in [1.29, 1.82) is 0 Å². The molecule has 0 radical (unpaired) electrons. The zero-order valence-corrected chi connectivity index (χ0v) is 14.9. The molecule has 3 rings (SSSR count). The number of rotatable bonds is 5. The van der Waals surface area contributed by atoms with Crippen LogP contribution in [-0.2, 0) is 23.1 Å². The van der Waals surface area contributed by atoms with E-state index in [-0.39, 0.29) is 24.4 Å². The van der Waals surface area contributed by atoms with E-state index in [1.807, 2.05) is 30.3 Å². The summed E-state index contributed by atoms with van der Waals surface area (Å²) in [6.45, 7) is 0.259. The van der Waals surface area contributed by atoms with Crippen molar-refractivity contribution in [3.8, 4) is 5.75 Å². The number of anilines is 1. The minimum Gasteiger partial charge on any atom is -0.487 e. The quantitative estimate of drug-likeness (QED) is 0.618. The highest BCUT2D eigenvalue weighted by atomic mass is 32.2. The summed E-state index contributed by atoms with van der Waals surface area (Å²) in [5, 5.41) is 12.0. The van der Waals surface area contributed by atoms with Gasteiger partial charge in [-0.3, -0.25) is 9.52 Å². The first kappa shape index (κ1) is 17.9. The molecule has 0 aliphatic heterocycles. The third kappa shape index (κ3) is 3.85. The van der Waals surface area contributed by atoms with Crippen LogP contribution < -0.4 is 9.46 Å². The zero-order valence-electron chi connectivity index (χ0n) is 14.1. The molecular formula is C18H18N2O5S. The first-order valence-corrected chi connectivity index (χ1v) is 9.84. The van der Waals surface area contributed by atoms with Gasteiger partial charge in [0, 0.05) is 12.0 Å². The Labute approximate surface area is 151 Å². The van der Waals surface area contributed by atoms with Crippen LogP contribution in [0, 0.1) is 0 Å². The van der Waals surface area contributed by atoms with Gasteiger partial charge in [-0.2, -0.15) is 0 Å². The number of ketones is 1. The number of hydrogen-bond donors (Lipinski definition) is 2. The van der Waals surface area contributed by atoms with Gasteiger partial charge in [0.1, 0.15) is 18.1 Å². The lowest BCUT2D eigenvalue weighted by Crippen LogP contribution is -2.24. The highest BCUT2D eigenvalue weighted by molar-refractivity contribution is 7.92. The number of oxime groups is 1. The van der Waals surface area contributed by atoms with Crippen LogP contribution in [-0.4, -0.2) is 31.4 Å². The molecule has 0 aromatic heterocycles. The lowest BCUT2D eigenvalue weighted by Gasteiger charge is -2.22. The van der Waals surface area contributed by atoms with Crippen molar-refractivity contribution < 1.29 is 23.2 Å². The van der Waals surface area contributed by atoms with E-state index >= 15 is 0 Å². The van der Waals surface area contributed by atoms with E-state index in [0.717, 1.165) is 11.8 Å². The van der Waals surface area contributed by atoms with E-state index in [9.17, 15) is 13.2 Å². The molecule has 136 valence electrons. The molecule has 8 heteroatoms. The maximum Gasteiger partial charge on any atom is 0.229 e. The number of Topliss-reactive ketones (excluding diaryl/α,β-unsaturated/α-hetero) is 1. The summed E-state index contributed by atoms with van der Waals surface area (Å²) < 4.78 is 31.9. The average molecular weight is 374 g/mol. The molecule has 1 aliphatic rings. The molecule has 7 nitrogen and oxygen atoms in total. The van der Waals surface area contributed by atoms with E-state index in [4.69, 9.17) is 9.94 Å². The zero-order chi connectivity index (χ0) is 18.7. The van der Waals surface area contributed by atoms with Crippen LogP contribution in [0.15, 0.2) is 47.6 Å². The number of benzene rings is 2. The summed E-state index contributed by atoms with van der Waals surface area (Å²) in [6.07, 6.45) is 1.63. The third-order valence-corrected chi connectivity index (χ3v) is 4.61. The molecule has 0 bridgehead atoms. The van der Waals surface area contributed by atoms with Gasteiger partial charge < -0.3 is 9.94 Å². The molecule has 2 N–H and O–H groups in total. The standard InChI is InChI=1S/C18H18N2O5S/c1-26(23,24)20-17-13-7-9-15(19-22)18(21)14(13)8-10-16(17)25-11-12-5-3-2-4-6-12/h2-6,8,10,20,22H,7,9,11H2,1H3. The number of carbonyl (C=O) groups is 1. The van der Waals surface area contributed by atoms with Crippen molar-refractivity contribution in [2.45, 2.75) is 19.4 Å². The van der Waals surface area contributed by atoms with Crippen LogP contribution in [0.4, 0.5) is 5.69 Å². The van der Waals surface area contributed by atoms with Gasteiger partial charge in [0.25, 0.3) is 0 Å². The molecular weight excluding hydrogens is 356 g/mol. The van der Waals surface area contributed by atoms with Crippen LogP contribution in [0.25, 0.3) is 0 Å². The highest BCUT2D eigenvalue weighted by Gasteiger charge is 2.28. The third-order valence-electron chi connectivity index (χ3n) is 4.04. The minimum absolute atomic E-state index is 0.0563. The van der Waals surface area contributed by atoms with Crippen molar-refractivity contribution in [3.05, 3.63) is 59.2 Å². The van der Waals surface area contributed by atoms with Crippen molar-refractivity contribution in [2.75, 3.05) is 11.0 Å². The summed E-state index contributed by atoms with van der Waals surface area (Å²) in [5.74, 6) is -0.0740. The second-order valence-electron chi connectivity index (χ2n) is 5.99. The lowest BCUT2D eigenvalue weighted by molar-refractivity contribution is 0.105. The molecule has 26 heavy (non-hydrogen) atoms. The minimum atomic E-state index is -3.57. The van der Waals surface area contributed by atoms with Crippen LogP contribution in [0.1, 0.15) is 27.9 Å². The Hall–Kier alpha value is -2.87. The van der Waals surface area contributed by atoms with Crippen molar-refractivity contribution in [3.63, 3.8) is 0 Å². The Morgan fingerprint density at radius 3 is 2.54 bits per heavy atom. The molecule has 0 unspecified atom stereocenters. The van der Waals surface area contributed by atoms with Gasteiger partial charge in [-0.25, -0.2) is 8.42 Å². The first-order chi connectivity index (χ1) is 12.4. The normalized spacial score (nSPS) is 15.6. The molecule has 0 atom stereocenters. The van der Waals surface area contributed by atoms with E-state index in [0.29, 0.717) is 23.3 Å². The predicted octanol–water partition coefficient (Wildman–Crippen LogP) is 2.60. The van der Waals surface area contributed by atoms with Gasteiger partial charge >= 0.3 is 0 Å². The van der Waals surface area contributed by atoms with E-state index in [2.05, 4.69) is 9.88 Å². The fourth-order valence-electron chi connectivity index (χ4n) is 2.86. The smallest absolute Gasteiger partial charge is 0.229 e. The van der Waals surface area contributed by atoms with Crippen LogP contribution >= 0.6 is 0 Å². The molecule has 2 aromatic rings. The van der Waals surface area contributed by atoms with Gasteiger partial charge in [-0.05, 0) is 29.7 Å². The lowest BCUT2D eigenvalue weighted by atomic mass is 9.88. The fourth-order valence-corrected chi connectivity index (χ4v) is 3.45. The molecule has 0 fully saturated rings. The summed E-state index contributed by atoms with van der Waals surface area (Å²) in [6, 6.07) is 12.6. The maximum absolute atomic E-state index is 12.3. The maximum atomic E-state index is 12.3. The SMILES string of the molecule is CS(=O)(=O)Nc1c(OCc2ccccc2)ccc2c1CCC(=NO)C2=O. The molecule has 0 heterocycles. The Bertz CT molecular complexity index is 969. The number of nitrogens with zero attached hydrogens (tertiary/aromatic N) is 1. The van der Waals surface area contributed by atoms with Gasteiger partial charge in [-0.1, -0.05) is 35.5 Å². The average Bonchev–Trinajstić information content (AvgIpc) is 2.61. The number of ether oxygens (including phenoxy) is 1. The van der Waals surface area contributed by atoms with E-state index in [1.165, 1.54) is 0 Å². The number of fused-ring (bicyclic) bond motifs is 1. The topological polar surface area (TPSA) is 105 Å². The Balaban J connectivity index is 2.00. The van der Waals surface area contributed by atoms with Crippen molar-refractivity contribution >= 4 is 27.2 Å². The Kier molecular flexibility index (Phi) is 4.94. The Morgan fingerprint density at radius 1 is 1.15 bits per heavy atom. The number of sulfonamides is 1. The van der Waals surface area contributed by atoms with E-state index < -0.39 is 15.8 Å². The number of nitrogens with one attached hydrogen (secondary N) is 1. The molecule has 0 saturated carbocycles. The first-order valence-electron chi connectivity index (χ1n) is 7.95. The number of carbonyl (C=O) groups excluding carboxylic acids is 1. The van der Waals surface area contributed by atoms with Gasteiger partial charge in [0.05, 0.1) is 11.9 Å². The summed E-state index contributed by atoms with van der Waals surface area (Å²) >= 11 is 0. The molecule has 0 saturated heterocycles. The van der Waals surface area contributed by atoms with Crippen molar-refractivity contribution in [1.82, 2.24) is 0 Å². The molecule has 0 amide bonds. The molecule has 2 aromatic carbocycles. The van der Waals surface area contributed by atoms with Crippen molar-refractivity contribution in [2.24, 2.45) is 5.16 Å². The van der Waals surface area contributed by atoms with Crippen LogP contribution in [0.5, 0.6) is 5.75 Å². The largest absolute Gasteiger partial charge is 0.487 e. The molecule has 1 aliphatic carbocycles. The summed E-state index contributed by atoms with van der Waals surface area (Å²) in [7, 11) is -3.57. The summed E-state index contributed by atoms with van der Waals surface area (Å²) in [5.41, 5.74) is 2.09. The number of hydrogen-bond acceptors (Lipinski definition) is 6. The summed E-state index contributed by atoms with van der Waals surface area (Å²) in [4.78, 5) is 12.3. The van der Waals surface area contributed by atoms with Crippen LogP contribution in [0.2, 0.25) is 0 Å². The predicted molar refractivity (Wildman–Crippen MR) is 97.6 cm³/mol. The van der Waals surface area contributed by atoms with Gasteiger partial charge in [0.15, 0.2) is 0 Å². The highest BCUT2D eigenvalue weighted by Crippen LogP contribution is 2.36.